The van der Waals surface area contributed by atoms with Crippen LogP contribution in [0.4, 0.5) is 5.82 Å². The van der Waals surface area contributed by atoms with Crippen LogP contribution in [-0.4, -0.2) is 20.4 Å². The van der Waals surface area contributed by atoms with Crippen LogP contribution in [0.15, 0.2) is 60.7 Å². The van der Waals surface area contributed by atoms with E-state index in [0.717, 1.165) is 23.9 Å². The maximum atomic E-state index is 6.09. The van der Waals surface area contributed by atoms with E-state index in [0.29, 0.717) is 17.4 Å². The molecule has 2 aromatic carbocycles. The van der Waals surface area contributed by atoms with E-state index in [1.165, 1.54) is 30.4 Å². The predicted molar refractivity (Wildman–Crippen MR) is 116 cm³/mol. The van der Waals surface area contributed by atoms with Crippen LogP contribution in [0.3, 0.4) is 0 Å². The number of anilines is 1. The number of fused-ring (bicyclic) bond motifs is 2. The first-order chi connectivity index (χ1) is 14.3. The first-order valence-corrected chi connectivity index (χ1v) is 10.4. The topological polar surface area (TPSA) is 80.5 Å². The Labute approximate surface area is 170 Å². The number of nitrogens with one attached hydrogen (secondary N) is 1. The summed E-state index contributed by atoms with van der Waals surface area (Å²) < 4.78 is 0. The maximum Gasteiger partial charge on any atom is 0.203 e. The van der Waals surface area contributed by atoms with Crippen LogP contribution in [0, 0.1) is 0 Å². The minimum absolute atomic E-state index is 0.228. The number of nitrogen functional groups attached to an aromatic ring is 1. The molecule has 0 aliphatic heterocycles. The molecule has 5 rings (SSSR count). The summed E-state index contributed by atoms with van der Waals surface area (Å²) in [7, 11) is 0. The van der Waals surface area contributed by atoms with E-state index in [9.17, 15) is 0 Å². The second kappa shape index (κ2) is 7.66. The largest absolute Gasteiger partial charge is 0.384 e. The molecule has 5 nitrogen and oxygen atoms in total. The van der Waals surface area contributed by atoms with Crippen LogP contribution >= 0.6 is 0 Å². The summed E-state index contributed by atoms with van der Waals surface area (Å²) in [5.41, 5.74) is 13.0. The highest BCUT2D eigenvalue weighted by atomic mass is 15.3. The van der Waals surface area contributed by atoms with Crippen LogP contribution in [0.5, 0.6) is 0 Å². The van der Waals surface area contributed by atoms with Crippen molar-refractivity contribution < 1.29 is 0 Å². The van der Waals surface area contributed by atoms with Crippen molar-refractivity contribution in [3.8, 4) is 0 Å². The summed E-state index contributed by atoms with van der Waals surface area (Å²) in [4.78, 5) is 4.31. The number of nitrogens with zero attached hydrogens (tertiary/aromatic N) is 3. The quantitative estimate of drug-likeness (QED) is 0.493. The molecule has 5 heteroatoms. The fourth-order valence-corrected chi connectivity index (χ4v) is 4.85. The van der Waals surface area contributed by atoms with Gasteiger partial charge in [-0.05, 0) is 59.9 Å². The standard InChI is InChI=1S/C24H25N5/c25-22-15-21(23-24(26-22)28-29-27-23)20(16-7-2-1-3-8-16)12-6-10-18-14-13-17-9-4-5-11-19(17)18/h1-5,7-9,11,15,18,20H,6,10,12-14H2,(H3,25,26,27,28,29)/t18-,20-/m1/s1. The van der Waals surface area contributed by atoms with Gasteiger partial charge in [0.25, 0.3) is 0 Å². The van der Waals surface area contributed by atoms with Crippen molar-refractivity contribution in [3.63, 3.8) is 0 Å². The van der Waals surface area contributed by atoms with Gasteiger partial charge in [0.05, 0.1) is 0 Å². The van der Waals surface area contributed by atoms with E-state index >= 15 is 0 Å². The zero-order chi connectivity index (χ0) is 19.6. The Balaban J connectivity index is 1.41. The number of hydrogen-bond acceptors (Lipinski definition) is 4. The highest BCUT2D eigenvalue weighted by molar-refractivity contribution is 5.77. The molecule has 0 radical (unpaired) electrons. The Kier molecular flexibility index (Phi) is 4.72. The average molecular weight is 383 g/mol. The van der Waals surface area contributed by atoms with Crippen molar-refractivity contribution in [2.24, 2.45) is 0 Å². The van der Waals surface area contributed by atoms with Gasteiger partial charge in [-0.3, -0.25) is 0 Å². The van der Waals surface area contributed by atoms with E-state index in [2.05, 4.69) is 75.0 Å². The number of aromatic nitrogens is 4. The Morgan fingerprint density at radius 1 is 1.03 bits per heavy atom. The van der Waals surface area contributed by atoms with E-state index in [4.69, 9.17) is 5.73 Å². The molecule has 0 spiro atoms. The SMILES string of the molecule is Nc1cc([C@H](CCC[C@@H]2CCc3ccccc32)c2ccccc2)c2n[nH]nc2n1. The third-order valence-corrected chi connectivity index (χ3v) is 6.22. The number of nitrogens with two attached hydrogens (primary N) is 1. The zero-order valence-corrected chi connectivity index (χ0v) is 16.4. The number of hydrogen-bond donors (Lipinski definition) is 2. The molecule has 0 bridgehead atoms. The van der Waals surface area contributed by atoms with Crippen molar-refractivity contribution in [3.05, 3.63) is 82.9 Å². The van der Waals surface area contributed by atoms with E-state index in [1.54, 1.807) is 5.56 Å². The smallest absolute Gasteiger partial charge is 0.203 e. The number of aromatic amines is 1. The van der Waals surface area contributed by atoms with Gasteiger partial charge in [-0.2, -0.15) is 10.3 Å². The third-order valence-electron chi connectivity index (χ3n) is 6.22. The van der Waals surface area contributed by atoms with Gasteiger partial charge in [0, 0.05) is 5.92 Å². The van der Waals surface area contributed by atoms with Crippen LogP contribution in [-0.2, 0) is 6.42 Å². The average Bonchev–Trinajstić information content (AvgIpc) is 3.38. The van der Waals surface area contributed by atoms with Gasteiger partial charge >= 0.3 is 0 Å². The molecule has 0 saturated carbocycles. The molecule has 2 atom stereocenters. The highest BCUT2D eigenvalue weighted by Crippen LogP contribution is 2.39. The Bertz CT molecular complexity index is 1120. The summed E-state index contributed by atoms with van der Waals surface area (Å²) >= 11 is 0. The molecular weight excluding hydrogens is 358 g/mol. The maximum absolute atomic E-state index is 6.09. The first kappa shape index (κ1) is 17.9. The molecule has 0 unspecified atom stereocenters. The number of H-pyrrole nitrogens is 1. The minimum atomic E-state index is 0.228. The summed E-state index contributed by atoms with van der Waals surface area (Å²) in [6, 6.07) is 21.5. The number of aryl methyl sites for hydroxylation is 1. The van der Waals surface area contributed by atoms with Crippen LogP contribution < -0.4 is 5.73 Å². The highest BCUT2D eigenvalue weighted by Gasteiger charge is 2.24. The molecule has 0 saturated heterocycles. The zero-order valence-electron chi connectivity index (χ0n) is 16.4. The van der Waals surface area contributed by atoms with E-state index in [-0.39, 0.29) is 5.92 Å². The van der Waals surface area contributed by atoms with Crippen molar-refractivity contribution in [1.29, 1.82) is 0 Å². The molecule has 3 N–H and O–H groups in total. The third kappa shape index (κ3) is 3.48. The summed E-state index contributed by atoms with van der Waals surface area (Å²) in [6.45, 7) is 0. The molecule has 0 amide bonds. The normalized spacial score (nSPS) is 16.8. The van der Waals surface area contributed by atoms with Gasteiger partial charge < -0.3 is 5.73 Å². The Morgan fingerprint density at radius 3 is 2.76 bits per heavy atom. The lowest BCUT2D eigenvalue weighted by Crippen LogP contribution is -2.06. The fraction of sp³-hybridized carbons (Fsp3) is 0.292. The lowest BCUT2D eigenvalue weighted by molar-refractivity contribution is 0.547. The molecule has 146 valence electrons. The van der Waals surface area contributed by atoms with Crippen LogP contribution in [0.2, 0.25) is 0 Å². The van der Waals surface area contributed by atoms with Crippen molar-refractivity contribution in [2.75, 3.05) is 5.73 Å². The van der Waals surface area contributed by atoms with Gasteiger partial charge in [0.15, 0.2) is 0 Å². The van der Waals surface area contributed by atoms with Gasteiger partial charge in [0.2, 0.25) is 5.65 Å². The van der Waals surface area contributed by atoms with Crippen molar-refractivity contribution in [2.45, 2.75) is 43.9 Å². The second-order valence-electron chi connectivity index (χ2n) is 7.96. The molecule has 4 aromatic rings. The summed E-state index contributed by atoms with van der Waals surface area (Å²) in [5.74, 6) is 1.40. The van der Waals surface area contributed by atoms with Crippen molar-refractivity contribution >= 4 is 17.0 Å². The number of pyridine rings is 1. The van der Waals surface area contributed by atoms with Crippen molar-refractivity contribution in [1.82, 2.24) is 20.4 Å². The summed E-state index contributed by atoms with van der Waals surface area (Å²) in [6.07, 6.45) is 5.89. The predicted octanol–water partition coefficient (Wildman–Crippen LogP) is 4.97. The van der Waals surface area contributed by atoms with Gasteiger partial charge in [-0.15, -0.1) is 5.10 Å². The van der Waals surface area contributed by atoms with Crippen LogP contribution in [0.25, 0.3) is 11.2 Å². The fourth-order valence-electron chi connectivity index (χ4n) is 4.85. The van der Waals surface area contributed by atoms with Gasteiger partial charge in [0.1, 0.15) is 11.3 Å². The lowest BCUT2D eigenvalue weighted by Gasteiger charge is -2.20. The summed E-state index contributed by atoms with van der Waals surface area (Å²) in [5, 5.41) is 11.2. The van der Waals surface area contributed by atoms with E-state index < -0.39 is 0 Å². The Hall–Kier alpha value is -3.21. The molecule has 1 aliphatic carbocycles. The van der Waals surface area contributed by atoms with Crippen LogP contribution in [0.1, 0.15) is 59.8 Å². The minimum Gasteiger partial charge on any atom is -0.384 e. The monoisotopic (exact) mass is 383 g/mol. The van der Waals surface area contributed by atoms with Gasteiger partial charge in [-0.1, -0.05) is 61.0 Å². The molecule has 0 fully saturated rings. The molecular formula is C24H25N5. The molecule has 2 heterocycles. The number of rotatable bonds is 6. The molecule has 2 aromatic heterocycles. The molecule has 1 aliphatic rings. The second-order valence-corrected chi connectivity index (χ2v) is 7.96. The Morgan fingerprint density at radius 2 is 1.86 bits per heavy atom. The van der Waals surface area contributed by atoms with Gasteiger partial charge in [-0.25, -0.2) is 4.98 Å². The first-order valence-electron chi connectivity index (χ1n) is 10.4. The molecule has 29 heavy (non-hydrogen) atoms. The van der Waals surface area contributed by atoms with E-state index in [1.807, 2.05) is 6.07 Å². The lowest BCUT2D eigenvalue weighted by atomic mass is 9.85. The number of benzene rings is 2.